The van der Waals surface area contributed by atoms with Gasteiger partial charge >= 0.3 is 0 Å². The van der Waals surface area contributed by atoms with Gasteiger partial charge in [0.05, 0.1) is 5.25 Å². The van der Waals surface area contributed by atoms with Crippen molar-refractivity contribution in [2.24, 2.45) is 0 Å². The van der Waals surface area contributed by atoms with Crippen molar-refractivity contribution in [2.75, 3.05) is 0 Å². The van der Waals surface area contributed by atoms with Gasteiger partial charge in [0.1, 0.15) is 0 Å². The Balaban J connectivity index is 0. The van der Waals surface area contributed by atoms with Crippen LogP contribution in [0.1, 0.15) is 78.1 Å². The normalized spacial score (nSPS) is 11.6. The fourth-order valence-electron chi connectivity index (χ4n) is 2.04. The van der Waals surface area contributed by atoms with Crippen LogP contribution in [0.4, 0.5) is 0 Å². The van der Waals surface area contributed by atoms with Crippen LogP contribution in [0.25, 0.3) is 0 Å². The maximum Gasteiger partial charge on any atom is 0.267 e. The summed E-state index contributed by atoms with van der Waals surface area (Å²) >= 11 is 0. The molecule has 0 atom stereocenters. The van der Waals surface area contributed by atoms with Crippen molar-refractivity contribution in [3.8, 4) is 0 Å². The lowest BCUT2D eigenvalue weighted by Crippen LogP contribution is -2.20. The molecule has 0 aliphatic carbocycles. The van der Waals surface area contributed by atoms with Gasteiger partial charge in [0.2, 0.25) is 0 Å². The molecule has 0 aromatic rings. The average molecular weight is 281 g/mol. The minimum Gasteiger partial charge on any atom is -0.344 e. The van der Waals surface area contributed by atoms with Crippen LogP contribution in [0.2, 0.25) is 0 Å². The highest BCUT2D eigenvalue weighted by Gasteiger charge is 2.21. The predicted octanol–water partition coefficient (Wildman–Crippen LogP) is 4.35. The van der Waals surface area contributed by atoms with Gasteiger partial charge < -0.3 is 6.15 Å². The second-order valence-corrected chi connectivity index (χ2v) is 6.53. The monoisotopic (exact) mass is 281 g/mol. The minimum atomic E-state index is -3.84. The van der Waals surface area contributed by atoms with E-state index in [0.29, 0.717) is 12.8 Å². The number of hydrogen-bond donors (Lipinski definition) is 2. The van der Waals surface area contributed by atoms with Gasteiger partial charge in [-0.25, -0.2) is 0 Å². The molecule has 4 nitrogen and oxygen atoms in total. The Morgan fingerprint density at radius 3 is 1.50 bits per heavy atom. The summed E-state index contributed by atoms with van der Waals surface area (Å²) in [5.74, 6) is 0. The van der Waals surface area contributed by atoms with E-state index >= 15 is 0 Å². The van der Waals surface area contributed by atoms with Gasteiger partial charge in [0, 0.05) is 0 Å². The van der Waals surface area contributed by atoms with Crippen LogP contribution in [0.5, 0.6) is 0 Å². The fraction of sp³-hybridized carbons (Fsp3) is 1.00. The van der Waals surface area contributed by atoms with Crippen LogP contribution in [0.15, 0.2) is 0 Å². The zero-order chi connectivity index (χ0) is 13.1. The zero-order valence-corrected chi connectivity index (χ0v) is 12.8. The first-order chi connectivity index (χ1) is 8.02. The summed E-state index contributed by atoms with van der Waals surface area (Å²) in [5, 5.41) is -0.531. The summed E-state index contributed by atoms with van der Waals surface area (Å²) in [6.45, 7) is 4.26. The van der Waals surface area contributed by atoms with Gasteiger partial charge in [-0.05, 0) is 12.8 Å². The largest absolute Gasteiger partial charge is 0.344 e. The first-order valence-corrected chi connectivity index (χ1v) is 8.49. The molecule has 0 saturated carbocycles. The summed E-state index contributed by atoms with van der Waals surface area (Å²) in [7, 11) is -3.84. The molecule has 4 N–H and O–H groups in total. The quantitative estimate of drug-likeness (QED) is 0.435. The van der Waals surface area contributed by atoms with Crippen LogP contribution in [0, 0.1) is 0 Å². The molecule has 0 aromatic heterocycles. The highest BCUT2D eigenvalue weighted by Crippen LogP contribution is 2.18. The third-order valence-corrected chi connectivity index (χ3v) is 4.49. The third-order valence-electron chi connectivity index (χ3n) is 3.18. The van der Waals surface area contributed by atoms with E-state index in [0.717, 1.165) is 51.4 Å². The molecule has 0 rings (SSSR count). The molecule has 0 unspecified atom stereocenters. The first-order valence-electron chi connectivity index (χ1n) is 6.98. The molecular weight excluding hydrogens is 250 g/mol. The van der Waals surface area contributed by atoms with E-state index in [1.54, 1.807) is 0 Å². The van der Waals surface area contributed by atoms with Crippen LogP contribution < -0.4 is 6.15 Å². The molecule has 0 radical (unpaired) electrons. The third kappa shape index (κ3) is 11.0. The molecule has 0 saturated heterocycles. The standard InChI is InChI=1S/C13H28O3S.H3N/c1-3-5-7-9-11-13(17(14,15)16)12-10-8-6-4-2;/h13H,3-12H2,1-2H3,(H,14,15,16);1H3. The van der Waals surface area contributed by atoms with Gasteiger partial charge in [0.15, 0.2) is 0 Å². The number of hydrogen-bond acceptors (Lipinski definition) is 3. The topological polar surface area (TPSA) is 89.4 Å². The van der Waals surface area contributed by atoms with Crippen molar-refractivity contribution in [2.45, 2.75) is 83.3 Å². The second-order valence-electron chi connectivity index (χ2n) is 4.84. The van der Waals surface area contributed by atoms with Crippen LogP contribution >= 0.6 is 0 Å². The highest BCUT2D eigenvalue weighted by atomic mass is 32.2. The maximum absolute atomic E-state index is 11.2. The lowest BCUT2D eigenvalue weighted by atomic mass is 10.1. The van der Waals surface area contributed by atoms with E-state index < -0.39 is 15.4 Å². The Morgan fingerprint density at radius 2 is 1.22 bits per heavy atom. The van der Waals surface area contributed by atoms with E-state index in [9.17, 15) is 8.42 Å². The van der Waals surface area contributed by atoms with Crippen molar-refractivity contribution in [3.63, 3.8) is 0 Å². The van der Waals surface area contributed by atoms with Crippen LogP contribution in [-0.4, -0.2) is 18.2 Å². The van der Waals surface area contributed by atoms with Crippen molar-refractivity contribution < 1.29 is 13.0 Å². The Labute approximate surface area is 113 Å². The molecule has 0 spiro atoms. The van der Waals surface area contributed by atoms with Crippen molar-refractivity contribution in [1.82, 2.24) is 6.15 Å². The molecule has 0 bridgehead atoms. The van der Waals surface area contributed by atoms with E-state index in [2.05, 4.69) is 13.8 Å². The Bertz CT molecular complexity index is 253. The smallest absolute Gasteiger partial charge is 0.267 e. The molecule has 5 heteroatoms. The van der Waals surface area contributed by atoms with Gasteiger partial charge in [0.25, 0.3) is 10.1 Å². The van der Waals surface area contributed by atoms with Crippen LogP contribution in [-0.2, 0) is 10.1 Å². The van der Waals surface area contributed by atoms with Gasteiger partial charge in [-0.15, -0.1) is 0 Å². The lowest BCUT2D eigenvalue weighted by Gasteiger charge is -2.13. The predicted molar refractivity (Wildman–Crippen MR) is 77.9 cm³/mol. The van der Waals surface area contributed by atoms with Gasteiger partial charge in [-0.2, -0.15) is 8.42 Å². The van der Waals surface area contributed by atoms with Crippen molar-refractivity contribution in [3.05, 3.63) is 0 Å². The molecule has 0 aliphatic rings. The zero-order valence-electron chi connectivity index (χ0n) is 12.0. The summed E-state index contributed by atoms with van der Waals surface area (Å²) < 4.78 is 31.6. The van der Waals surface area contributed by atoms with E-state index in [1.807, 2.05) is 0 Å². The summed E-state index contributed by atoms with van der Waals surface area (Å²) in [4.78, 5) is 0. The Hall–Kier alpha value is -0.130. The second kappa shape index (κ2) is 11.9. The van der Waals surface area contributed by atoms with Crippen molar-refractivity contribution in [1.29, 1.82) is 0 Å². The first kappa shape index (κ1) is 20.2. The lowest BCUT2D eigenvalue weighted by molar-refractivity contribution is 0.444. The molecule has 0 heterocycles. The van der Waals surface area contributed by atoms with E-state index in [4.69, 9.17) is 4.55 Å². The molecule has 0 aliphatic heterocycles. The van der Waals surface area contributed by atoms with E-state index in [-0.39, 0.29) is 6.15 Å². The SMILES string of the molecule is CCCCCCC(CCCCCC)S(=O)(=O)O.N. The number of rotatable bonds is 11. The average Bonchev–Trinajstić information content (AvgIpc) is 2.25. The summed E-state index contributed by atoms with van der Waals surface area (Å²) in [6, 6.07) is 0. The molecule has 112 valence electrons. The molecule has 0 fully saturated rings. The fourth-order valence-corrected chi connectivity index (χ4v) is 2.97. The summed E-state index contributed by atoms with van der Waals surface area (Å²) in [6.07, 6.45) is 9.77. The molecule has 0 aromatic carbocycles. The van der Waals surface area contributed by atoms with Crippen molar-refractivity contribution >= 4 is 10.1 Å². The molecular formula is C13H31NO3S. The molecule has 18 heavy (non-hydrogen) atoms. The Kier molecular flexibility index (Phi) is 13.4. The maximum atomic E-state index is 11.2. The van der Waals surface area contributed by atoms with Gasteiger partial charge in [-0.3, -0.25) is 4.55 Å². The minimum absolute atomic E-state index is 0. The van der Waals surface area contributed by atoms with Gasteiger partial charge in [-0.1, -0.05) is 65.2 Å². The summed E-state index contributed by atoms with van der Waals surface area (Å²) in [5.41, 5.74) is 0. The molecule has 0 amide bonds. The highest BCUT2D eigenvalue weighted by molar-refractivity contribution is 7.86. The van der Waals surface area contributed by atoms with Crippen LogP contribution in [0.3, 0.4) is 0 Å². The Morgan fingerprint density at radius 1 is 0.833 bits per heavy atom. The number of unbranched alkanes of at least 4 members (excludes halogenated alkanes) is 6. The van der Waals surface area contributed by atoms with E-state index in [1.165, 1.54) is 0 Å².